The van der Waals surface area contributed by atoms with Crippen LogP contribution in [0.2, 0.25) is 0 Å². The summed E-state index contributed by atoms with van der Waals surface area (Å²) in [5.74, 6) is 3.13. The van der Waals surface area contributed by atoms with Gasteiger partial charge in [-0.25, -0.2) is 0 Å². The Balaban J connectivity index is 1.10. The molecule has 7 nitrogen and oxygen atoms in total. The molecule has 200 valence electrons. The van der Waals surface area contributed by atoms with Gasteiger partial charge in [0.05, 0.1) is 0 Å². The normalized spacial score (nSPS) is 38.8. The van der Waals surface area contributed by atoms with Crippen molar-refractivity contribution in [1.82, 2.24) is 12.2 Å². The van der Waals surface area contributed by atoms with E-state index < -0.39 is 34.4 Å². The molecule has 8 unspecified atom stereocenters. The summed E-state index contributed by atoms with van der Waals surface area (Å²) in [5.41, 5.74) is 0.935. The Hall–Kier alpha value is -0.657. The van der Waals surface area contributed by atoms with Crippen molar-refractivity contribution in [3.8, 4) is 11.6 Å². The predicted octanol–water partition coefficient (Wildman–Crippen LogP) is 5.07. The van der Waals surface area contributed by atoms with Crippen molar-refractivity contribution < 1.29 is 14.1 Å². The summed E-state index contributed by atoms with van der Waals surface area (Å²) in [6, 6.07) is 12.6. The van der Waals surface area contributed by atoms with Crippen LogP contribution in [0.4, 0.5) is 0 Å². The van der Waals surface area contributed by atoms with E-state index in [9.17, 15) is 0 Å². The Morgan fingerprint density at radius 1 is 0.763 bits per heavy atom. The molecule has 0 bridgehead atoms. The second-order valence-corrected chi connectivity index (χ2v) is 20.0. The second kappa shape index (κ2) is 10.0. The van der Waals surface area contributed by atoms with Crippen LogP contribution >= 0.6 is 0 Å². The van der Waals surface area contributed by atoms with Crippen LogP contribution in [-0.2, 0) is 7.06 Å². The molecule has 4 aliphatic heterocycles. The minimum atomic E-state index is -2.67. The van der Waals surface area contributed by atoms with Crippen LogP contribution in [-0.4, -0.2) is 82.9 Å². The molecule has 6 aliphatic rings. The molecule has 6 fully saturated rings. The van der Waals surface area contributed by atoms with E-state index in [-0.39, 0.29) is 0 Å². The number of aromatic nitrogens is 1. The van der Waals surface area contributed by atoms with Crippen molar-refractivity contribution >= 4 is 45.3 Å². The number of rotatable bonds is 4. The third-order valence-electron chi connectivity index (χ3n) is 10.6. The molecule has 1 aromatic carbocycles. The van der Waals surface area contributed by atoms with E-state index in [2.05, 4.69) is 51.4 Å². The molecule has 2 saturated carbocycles. The molecule has 0 amide bonds. The number of benzene rings is 1. The van der Waals surface area contributed by atoms with Crippen LogP contribution in [0, 0.1) is 11.8 Å². The first-order valence-corrected chi connectivity index (χ1v) is 21.4. The van der Waals surface area contributed by atoms with Gasteiger partial charge in [-0.3, -0.25) is 0 Å². The van der Waals surface area contributed by atoms with E-state index in [1.807, 2.05) is 0 Å². The second-order valence-electron chi connectivity index (χ2n) is 12.8. The molecular formula is C29H39Ga2N3O4. The zero-order valence-corrected chi connectivity index (χ0v) is 27.6. The predicted molar refractivity (Wildman–Crippen MR) is 148 cm³/mol. The summed E-state index contributed by atoms with van der Waals surface area (Å²) in [4.78, 5) is 4.98. The van der Waals surface area contributed by atoms with Crippen LogP contribution in [0.5, 0.6) is 11.6 Å². The van der Waals surface area contributed by atoms with Crippen molar-refractivity contribution in [1.29, 1.82) is 0 Å². The topological polar surface area (TPSA) is 56.3 Å². The van der Waals surface area contributed by atoms with Gasteiger partial charge in [-0.1, -0.05) is 0 Å². The number of pyridine rings is 1. The summed E-state index contributed by atoms with van der Waals surface area (Å²) < 4.78 is 32.8. The van der Waals surface area contributed by atoms with Crippen molar-refractivity contribution in [2.24, 2.45) is 11.8 Å². The average Bonchev–Trinajstić information content (AvgIpc) is 3.49. The zero-order chi connectivity index (χ0) is 25.4. The number of hydrogen-bond donors (Lipinski definition) is 0. The van der Waals surface area contributed by atoms with E-state index in [4.69, 9.17) is 19.1 Å². The van der Waals surface area contributed by atoms with Gasteiger partial charge >= 0.3 is 240 Å². The third kappa shape index (κ3) is 4.14. The molecule has 38 heavy (non-hydrogen) atoms. The Morgan fingerprint density at radius 3 is 2.03 bits per heavy atom. The van der Waals surface area contributed by atoms with Crippen LogP contribution < -0.4 is 7.06 Å². The van der Waals surface area contributed by atoms with Gasteiger partial charge in [0.25, 0.3) is 0 Å². The quantitative estimate of drug-likeness (QED) is 0.437. The first-order valence-electron chi connectivity index (χ1n) is 15.2. The van der Waals surface area contributed by atoms with Gasteiger partial charge < -0.3 is 0 Å². The standard InChI is InChI=1S/2C10H17NO.C9H7NO2.2Ga/c2*1-7-5-6-8-3-2-4-9(12)10(8)11-7;11-8-5-9(12)10-7-4-2-1-3-6(7)8;;/h2*7-10H,2-6H2,1H3;1-5H,(H2,10,11,12);;/q2*-2;;2*+3/p-2. The van der Waals surface area contributed by atoms with Crippen LogP contribution in [0.1, 0.15) is 78.1 Å². The van der Waals surface area contributed by atoms with Crippen LogP contribution in [0.25, 0.3) is 10.9 Å². The van der Waals surface area contributed by atoms with E-state index >= 15 is 0 Å². The van der Waals surface area contributed by atoms with Crippen LogP contribution in [0.3, 0.4) is 0 Å². The fourth-order valence-corrected chi connectivity index (χ4v) is 19.6. The summed E-state index contributed by atoms with van der Waals surface area (Å²) in [5, 5.41) is 1.06. The molecule has 0 spiro atoms. The number of fused-ring (bicyclic) bond motifs is 1. The molecule has 8 rings (SSSR count). The average molecular weight is 633 g/mol. The summed E-state index contributed by atoms with van der Waals surface area (Å²) in [7, 11) is 0. The van der Waals surface area contributed by atoms with Crippen molar-refractivity contribution in [3.05, 3.63) is 30.3 Å². The van der Waals surface area contributed by atoms with Gasteiger partial charge in [0.1, 0.15) is 0 Å². The Morgan fingerprint density at radius 2 is 1.37 bits per heavy atom. The Kier molecular flexibility index (Phi) is 6.61. The van der Waals surface area contributed by atoms with Gasteiger partial charge in [-0.2, -0.15) is 0 Å². The van der Waals surface area contributed by atoms with E-state index in [0.717, 1.165) is 28.5 Å². The first-order chi connectivity index (χ1) is 18.6. The maximum absolute atomic E-state index is 6.98. The summed E-state index contributed by atoms with van der Waals surface area (Å²) in [6.07, 6.45) is 13.6. The number of piperidine rings is 2. The van der Waals surface area contributed by atoms with Gasteiger partial charge in [0.2, 0.25) is 0 Å². The monoisotopic (exact) mass is 631 g/mol. The van der Waals surface area contributed by atoms with Gasteiger partial charge in [-0.05, 0) is 0 Å². The zero-order valence-electron chi connectivity index (χ0n) is 22.7. The fraction of sp³-hybridized carbons (Fsp3) is 0.690. The van der Waals surface area contributed by atoms with E-state index in [0.29, 0.717) is 42.3 Å². The van der Waals surface area contributed by atoms with Gasteiger partial charge in [0.15, 0.2) is 0 Å². The summed E-state index contributed by atoms with van der Waals surface area (Å²) >= 11 is -5.35. The molecule has 1 aromatic heterocycles. The molecular weight excluding hydrogens is 594 g/mol. The first kappa shape index (κ1) is 25.1. The molecule has 9 heteroatoms. The van der Waals surface area contributed by atoms with Crippen molar-refractivity contribution in [3.63, 3.8) is 0 Å². The van der Waals surface area contributed by atoms with E-state index in [1.54, 1.807) is 0 Å². The van der Waals surface area contributed by atoms with E-state index in [1.165, 1.54) is 64.2 Å². The van der Waals surface area contributed by atoms with Gasteiger partial charge in [0, 0.05) is 0 Å². The Bertz CT molecular complexity index is 1200. The number of nitrogens with zero attached hydrogens (tertiary/aromatic N) is 3. The number of hydrogen-bond acceptors (Lipinski definition) is 7. The minimum absolute atomic E-state index is 0.358. The Labute approximate surface area is 238 Å². The molecule has 5 heterocycles. The van der Waals surface area contributed by atoms with Crippen molar-refractivity contribution in [2.75, 3.05) is 0 Å². The molecule has 4 saturated heterocycles. The molecule has 2 aliphatic carbocycles. The number of para-hydroxylation sites is 1. The fourth-order valence-electron chi connectivity index (χ4n) is 8.85. The van der Waals surface area contributed by atoms with Gasteiger partial charge in [-0.15, -0.1) is 0 Å². The molecule has 2 aromatic rings. The third-order valence-corrected chi connectivity index (χ3v) is 20.6. The summed E-state index contributed by atoms with van der Waals surface area (Å²) in [6.45, 7) is 4.76. The SMILES string of the molecule is CC1CCC2CCCC3[O][Ga]([O]c4cc([O][Ga]5[O]C6CCCC7CCC(C)[N]5C76)c5ccccc5n4)[N]1C23. The molecule has 0 radical (unpaired) electrons. The molecule has 8 atom stereocenters. The van der Waals surface area contributed by atoms with Crippen LogP contribution in [0.15, 0.2) is 30.3 Å². The maximum atomic E-state index is 6.98. The van der Waals surface area contributed by atoms with Crippen molar-refractivity contribution in [2.45, 2.75) is 114 Å². The molecule has 0 N–H and O–H groups in total.